The van der Waals surface area contributed by atoms with Crippen LogP contribution in [0.2, 0.25) is 0 Å². The monoisotopic (exact) mass is 443 g/mol. The average molecular weight is 444 g/mol. The van der Waals surface area contributed by atoms with Gasteiger partial charge in [0.25, 0.3) is 0 Å². The van der Waals surface area contributed by atoms with Crippen molar-refractivity contribution in [2.24, 2.45) is 0 Å². The average Bonchev–Trinajstić information content (AvgIpc) is 3.42. The number of benzene rings is 2. The zero-order valence-corrected chi connectivity index (χ0v) is 18.2. The van der Waals surface area contributed by atoms with E-state index in [1.165, 1.54) is 15.4 Å². The number of fused-ring (bicyclic) bond motifs is 2. The van der Waals surface area contributed by atoms with E-state index in [0.717, 1.165) is 24.8 Å². The summed E-state index contributed by atoms with van der Waals surface area (Å²) in [6, 6.07) is 10.7. The van der Waals surface area contributed by atoms with Crippen molar-refractivity contribution in [1.82, 2.24) is 0 Å². The molecule has 1 aliphatic carbocycles. The molecule has 2 aliphatic rings. The fourth-order valence-electron chi connectivity index (χ4n) is 4.04. The number of hydrogen-bond acceptors (Lipinski definition) is 6. The second kappa shape index (κ2) is 8.70. The van der Waals surface area contributed by atoms with Gasteiger partial charge in [-0.25, -0.2) is 13.2 Å². The standard InChI is InChI=1S/C23H25NO6S/c1-2-31(27,28)24-11-10-18-12-19(7-9-21(18)24)22(25)14-30-23(26)15-29-20-8-6-16-4-3-5-17(16)13-20/h6-9,12-13H,2-5,10-11,14-15H2,1H3. The zero-order valence-electron chi connectivity index (χ0n) is 17.4. The lowest BCUT2D eigenvalue weighted by atomic mass is 10.1. The van der Waals surface area contributed by atoms with Gasteiger partial charge >= 0.3 is 5.97 Å². The molecule has 7 nitrogen and oxygen atoms in total. The summed E-state index contributed by atoms with van der Waals surface area (Å²) < 4.78 is 36.3. The molecule has 0 saturated heterocycles. The highest BCUT2D eigenvalue weighted by molar-refractivity contribution is 7.92. The van der Waals surface area contributed by atoms with Gasteiger partial charge in [-0.1, -0.05) is 6.07 Å². The lowest BCUT2D eigenvalue weighted by Gasteiger charge is -2.18. The van der Waals surface area contributed by atoms with Crippen molar-refractivity contribution < 1.29 is 27.5 Å². The third-order valence-corrected chi connectivity index (χ3v) is 7.53. The summed E-state index contributed by atoms with van der Waals surface area (Å²) in [4.78, 5) is 24.4. The maximum atomic E-state index is 12.4. The van der Waals surface area contributed by atoms with Crippen molar-refractivity contribution in [2.75, 3.05) is 29.8 Å². The van der Waals surface area contributed by atoms with Crippen LogP contribution in [-0.2, 0) is 38.8 Å². The summed E-state index contributed by atoms with van der Waals surface area (Å²) in [7, 11) is -3.33. The normalized spacial score (nSPS) is 14.8. The van der Waals surface area contributed by atoms with Gasteiger partial charge in [0, 0.05) is 12.1 Å². The molecule has 0 aromatic heterocycles. The van der Waals surface area contributed by atoms with Crippen LogP contribution >= 0.6 is 0 Å². The molecule has 0 fully saturated rings. The topological polar surface area (TPSA) is 90.0 Å². The fraction of sp³-hybridized carbons (Fsp3) is 0.391. The third-order valence-electron chi connectivity index (χ3n) is 5.75. The fourth-order valence-corrected chi connectivity index (χ4v) is 5.20. The molecule has 2 aromatic carbocycles. The molecule has 0 unspecified atom stereocenters. The van der Waals surface area contributed by atoms with E-state index in [4.69, 9.17) is 9.47 Å². The molecule has 164 valence electrons. The predicted molar refractivity (Wildman–Crippen MR) is 116 cm³/mol. The van der Waals surface area contributed by atoms with E-state index in [9.17, 15) is 18.0 Å². The predicted octanol–water partition coefficient (Wildman–Crippen LogP) is 2.69. The number of carbonyl (C=O) groups excluding carboxylic acids is 2. The van der Waals surface area contributed by atoms with Gasteiger partial charge < -0.3 is 9.47 Å². The minimum absolute atomic E-state index is 0.0244. The molecule has 8 heteroatoms. The first-order chi connectivity index (χ1) is 14.9. The molecule has 4 rings (SSSR count). The lowest BCUT2D eigenvalue weighted by Crippen LogP contribution is -2.30. The van der Waals surface area contributed by atoms with Gasteiger partial charge in [-0.2, -0.15) is 0 Å². The number of aryl methyl sites for hydroxylation is 2. The quantitative estimate of drug-likeness (QED) is 0.460. The van der Waals surface area contributed by atoms with Crippen LogP contribution in [0.1, 0.15) is 40.4 Å². The number of sulfonamides is 1. The number of esters is 1. The summed E-state index contributed by atoms with van der Waals surface area (Å²) >= 11 is 0. The Hall–Kier alpha value is -2.87. The molecule has 1 aliphatic heterocycles. The van der Waals surface area contributed by atoms with Gasteiger partial charge in [-0.05, 0) is 79.6 Å². The van der Waals surface area contributed by atoms with Crippen molar-refractivity contribution in [2.45, 2.75) is 32.6 Å². The first kappa shape index (κ1) is 21.4. The number of ketones is 1. The van der Waals surface area contributed by atoms with E-state index in [1.54, 1.807) is 25.1 Å². The molecule has 2 aromatic rings. The van der Waals surface area contributed by atoms with E-state index in [2.05, 4.69) is 0 Å². The highest BCUT2D eigenvalue weighted by atomic mass is 32.2. The minimum Gasteiger partial charge on any atom is -0.482 e. The van der Waals surface area contributed by atoms with E-state index in [-0.39, 0.29) is 24.7 Å². The molecule has 0 N–H and O–H groups in total. The van der Waals surface area contributed by atoms with E-state index in [1.807, 2.05) is 18.2 Å². The third kappa shape index (κ3) is 4.58. The van der Waals surface area contributed by atoms with Crippen LogP contribution in [-0.4, -0.2) is 45.7 Å². The Morgan fingerprint density at radius 3 is 2.58 bits per heavy atom. The number of anilines is 1. The number of rotatable bonds is 8. The first-order valence-electron chi connectivity index (χ1n) is 10.4. The molecule has 0 bridgehead atoms. The molecule has 31 heavy (non-hydrogen) atoms. The lowest BCUT2D eigenvalue weighted by molar-refractivity contribution is -0.144. The van der Waals surface area contributed by atoms with Crippen molar-refractivity contribution in [3.8, 4) is 5.75 Å². The summed E-state index contributed by atoms with van der Waals surface area (Å²) in [5.41, 5.74) is 4.38. The highest BCUT2D eigenvalue weighted by Crippen LogP contribution is 2.31. The summed E-state index contributed by atoms with van der Waals surface area (Å²) in [5, 5.41) is 0. The van der Waals surface area contributed by atoms with Crippen molar-refractivity contribution in [1.29, 1.82) is 0 Å². The maximum absolute atomic E-state index is 12.4. The largest absolute Gasteiger partial charge is 0.482 e. The summed E-state index contributed by atoms with van der Waals surface area (Å²) in [6.07, 6.45) is 3.78. The molecule has 0 spiro atoms. The van der Waals surface area contributed by atoms with Crippen LogP contribution in [0, 0.1) is 0 Å². The van der Waals surface area contributed by atoms with Gasteiger partial charge in [0.15, 0.2) is 19.0 Å². The van der Waals surface area contributed by atoms with Crippen molar-refractivity contribution in [3.05, 3.63) is 58.7 Å². The maximum Gasteiger partial charge on any atom is 0.344 e. The van der Waals surface area contributed by atoms with Crippen LogP contribution < -0.4 is 9.04 Å². The van der Waals surface area contributed by atoms with Crippen LogP contribution in [0.5, 0.6) is 5.75 Å². The van der Waals surface area contributed by atoms with Crippen LogP contribution in [0.3, 0.4) is 0 Å². The van der Waals surface area contributed by atoms with Gasteiger partial charge in [0.2, 0.25) is 10.0 Å². The summed E-state index contributed by atoms with van der Waals surface area (Å²) in [6.45, 7) is 1.33. The van der Waals surface area contributed by atoms with Crippen molar-refractivity contribution in [3.63, 3.8) is 0 Å². The smallest absolute Gasteiger partial charge is 0.344 e. The van der Waals surface area contributed by atoms with Gasteiger partial charge in [-0.3, -0.25) is 9.10 Å². The molecule has 0 saturated carbocycles. The van der Waals surface area contributed by atoms with Crippen LogP contribution in [0.15, 0.2) is 36.4 Å². The number of carbonyl (C=O) groups is 2. The molecule has 0 atom stereocenters. The minimum atomic E-state index is -3.33. The van der Waals surface area contributed by atoms with Crippen LogP contribution in [0.4, 0.5) is 5.69 Å². The van der Waals surface area contributed by atoms with Crippen LogP contribution in [0.25, 0.3) is 0 Å². The summed E-state index contributed by atoms with van der Waals surface area (Å²) in [5.74, 6) is -0.314. The van der Waals surface area contributed by atoms with Crippen molar-refractivity contribution >= 4 is 27.5 Å². The Morgan fingerprint density at radius 2 is 1.77 bits per heavy atom. The van der Waals surface area contributed by atoms with E-state index < -0.39 is 16.0 Å². The Balaban J connectivity index is 1.30. The molecular formula is C23H25NO6S. The number of Topliss-reactive ketones (excluding diaryl/α,β-unsaturated/α-hetero) is 1. The number of ether oxygens (including phenoxy) is 2. The number of hydrogen-bond donors (Lipinski definition) is 0. The van der Waals surface area contributed by atoms with E-state index >= 15 is 0 Å². The molecule has 1 heterocycles. The Morgan fingerprint density at radius 1 is 0.968 bits per heavy atom. The Bertz CT molecular complexity index is 1120. The molecular weight excluding hydrogens is 418 g/mol. The van der Waals surface area contributed by atoms with E-state index in [0.29, 0.717) is 30.0 Å². The SMILES string of the molecule is CCS(=O)(=O)N1CCc2cc(C(=O)COC(=O)COc3ccc4c(c3)CCC4)ccc21. The van der Waals surface area contributed by atoms with Gasteiger partial charge in [0.1, 0.15) is 5.75 Å². The second-order valence-corrected chi connectivity index (χ2v) is 9.90. The zero-order chi connectivity index (χ0) is 22.0. The molecule has 0 radical (unpaired) electrons. The Labute approximate surface area is 182 Å². The molecule has 0 amide bonds. The second-order valence-electron chi connectivity index (χ2n) is 7.72. The first-order valence-corrected chi connectivity index (χ1v) is 12.0. The van der Waals surface area contributed by atoms with Gasteiger partial charge in [0.05, 0.1) is 11.4 Å². The van der Waals surface area contributed by atoms with Gasteiger partial charge in [-0.15, -0.1) is 0 Å². The highest BCUT2D eigenvalue weighted by Gasteiger charge is 2.28. The Kier molecular flexibility index (Phi) is 6.00. The number of nitrogens with zero attached hydrogens (tertiary/aromatic N) is 1.